The fourth-order valence-corrected chi connectivity index (χ4v) is 3.85. The molecule has 6 heteroatoms. The Hall–Kier alpha value is -3.28. The molecule has 0 N–H and O–H groups in total. The van der Waals surface area contributed by atoms with Gasteiger partial charge in [-0.25, -0.2) is 9.59 Å². The zero-order valence-electron chi connectivity index (χ0n) is 20.7. The highest BCUT2D eigenvalue weighted by atomic mass is 16.5. The van der Waals surface area contributed by atoms with Crippen LogP contribution in [0.1, 0.15) is 66.5 Å². The van der Waals surface area contributed by atoms with Gasteiger partial charge in [-0.3, -0.25) is 0 Å². The van der Waals surface area contributed by atoms with E-state index in [4.69, 9.17) is 18.9 Å². The Morgan fingerprint density at radius 3 is 1.88 bits per heavy atom. The third-order valence-electron chi connectivity index (χ3n) is 5.81. The van der Waals surface area contributed by atoms with Crippen LogP contribution in [0.5, 0.6) is 11.5 Å². The predicted molar refractivity (Wildman–Crippen MR) is 131 cm³/mol. The van der Waals surface area contributed by atoms with Gasteiger partial charge in [0.2, 0.25) is 0 Å². The summed E-state index contributed by atoms with van der Waals surface area (Å²) in [6, 6.07) is 10.9. The van der Waals surface area contributed by atoms with Crippen LogP contribution in [0.15, 0.2) is 48.6 Å². The number of carbonyl (C=O) groups is 2. The summed E-state index contributed by atoms with van der Waals surface area (Å²) in [4.78, 5) is 23.2. The summed E-state index contributed by atoms with van der Waals surface area (Å²) in [5.74, 6) is 1.67. The maximum absolute atomic E-state index is 11.6. The second-order valence-corrected chi connectivity index (χ2v) is 8.85. The van der Waals surface area contributed by atoms with Gasteiger partial charge in [0.15, 0.2) is 0 Å². The molecule has 0 saturated heterocycles. The van der Waals surface area contributed by atoms with E-state index < -0.39 is 0 Å². The molecule has 2 aliphatic heterocycles. The zero-order chi connectivity index (χ0) is 24.8. The molecule has 34 heavy (non-hydrogen) atoms. The number of benzene rings is 2. The van der Waals surface area contributed by atoms with E-state index in [0.29, 0.717) is 30.3 Å². The van der Waals surface area contributed by atoms with E-state index in [1.54, 1.807) is 19.1 Å². The number of carbonyl (C=O) groups excluding carboxylic acids is 2. The molecule has 0 aromatic heterocycles. The van der Waals surface area contributed by atoms with Crippen molar-refractivity contribution in [2.75, 3.05) is 13.2 Å². The molecule has 0 spiro atoms. The molecule has 4 rings (SSSR count). The topological polar surface area (TPSA) is 71.1 Å². The quantitative estimate of drug-likeness (QED) is 0.410. The highest BCUT2D eigenvalue weighted by Gasteiger charge is 2.26. The highest BCUT2D eigenvalue weighted by Crippen LogP contribution is 2.33. The van der Waals surface area contributed by atoms with Gasteiger partial charge in [0.25, 0.3) is 0 Å². The van der Waals surface area contributed by atoms with Crippen LogP contribution in [-0.4, -0.2) is 37.4 Å². The van der Waals surface area contributed by atoms with E-state index in [2.05, 4.69) is 20.4 Å². The van der Waals surface area contributed by atoms with Gasteiger partial charge >= 0.3 is 11.9 Å². The van der Waals surface area contributed by atoms with Crippen molar-refractivity contribution in [3.8, 4) is 11.5 Å². The van der Waals surface area contributed by atoms with Crippen molar-refractivity contribution in [1.29, 1.82) is 0 Å². The molecule has 0 bridgehead atoms. The van der Waals surface area contributed by atoms with E-state index in [0.717, 1.165) is 41.0 Å². The fourth-order valence-electron chi connectivity index (χ4n) is 3.85. The largest absolute Gasteiger partial charge is 0.490 e. The van der Waals surface area contributed by atoms with Crippen LogP contribution in [0.25, 0.3) is 0 Å². The van der Waals surface area contributed by atoms with Crippen molar-refractivity contribution in [3.63, 3.8) is 0 Å². The Morgan fingerprint density at radius 2 is 1.41 bits per heavy atom. The van der Waals surface area contributed by atoms with E-state index >= 15 is 0 Å². The lowest BCUT2D eigenvalue weighted by Crippen LogP contribution is -2.19. The molecule has 0 aliphatic carbocycles. The molecule has 2 aliphatic rings. The highest BCUT2D eigenvalue weighted by molar-refractivity contribution is 5.90. The van der Waals surface area contributed by atoms with Crippen molar-refractivity contribution in [2.24, 2.45) is 5.92 Å². The average Bonchev–Trinajstić information content (AvgIpc) is 3.43. The van der Waals surface area contributed by atoms with Crippen LogP contribution >= 0.6 is 0 Å². The number of hydrogen-bond acceptors (Lipinski definition) is 6. The van der Waals surface area contributed by atoms with Crippen LogP contribution in [0, 0.1) is 5.92 Å². The molecule has 182 valence electrons. The van der Waals surface area contributed by atoms with Crippen LogP contribution < -0.4 is 9.47 Å². The van der Waals surface area contributed by atoms with Crippen molar-refractivity contribution in [2.45, 2.75) is 59.7 Å². The Bertz CT molecular complexity index is 1050. The van der Waals surface area contributed by atoms with Crippen molar-refractivity contribution in [1.82, 2.24) is 0 Å². The molecule has 2 atom stereocenters. The van der Waals surface area contributed by atoms with Crippen LogP contribution in [0.2, 0.25) is 0 Å². The second kappa shape index (κ2) is 11.2. The first kappa shape index (κ1) is 25.3. The van der Waals surface area contributed by atoms with E-state index in [1.165, 1.54) is 0 Å². The smallest absolute Gasteiger partial charge is 0.338 e. The van der Waals surface area contributed by atoms with E-state index in [-0.39, 0.29) is 24.1 Å². The first-order valence-electron chi connectivity index (χ1n) is 11.8. The first-order valence-corrected chi connectivity index (χ1v) is 11.8. The Labute approximate surface area is 201 Å². The predicted octanol–water partition coefficient (Wildman–Crippen LogP) is 5.57. The van der Waals surface area contributed by atoms with Crippen LogP contribution in [0.4, 0.5) is 0 Å². The van der Waals surface area contributed by atoms with Gasteiger partial charge in [-0.05, 0) is 79.8 Å². The van der Waals surface area contributed by atoms with Crippen molar-refractivity contribution < 1.29 is 28.5 Å². The molecular weight excluding hydrogens is 432 g/mol. The molecule has 0 amide bonds. The summed E-state index contributed by atoms with van der Waals surface area (Å²) in [6.07, 6.45) is 1.91. The van der Waals surface area contributed by atoms with Gasteiger partial charge < -0.3 is 18.9 Å². The molecule has 0 saturated carbocycles. The van der Waals surface area contributed by atoms with Gasteiger partial charge in [0.05, 0.1) is 24.3 Å². The van der Waals surface area contributed by atoms with E-state index in [1.807, 2.05) is 38.1 Å². The van der Waals surface area contributed by atoms with Gasteiger partial charge in [0, 0.05) is 12.8 Å². The van der Waals surface area contributed by atoms with Gasteiger partial charge in [-0.15, -0.1) is 0 Å². The maximum atomic E-state index is 11.6. The molecule has 6 nitrogen and oxygen atoms in total. The summed E-state index contributed by atoms with van der Waals surface area (Å²) < 4.78 is 21.5. The van der Waals surface area contributed by atoms with Gasteiger partial charge in [-0.2, -0.15) is 0 Å². The fraction of sp³-hybridized carbons (Fsp3) is 0.429. The first-order chi connectivity index (χ1) is 16.2. The summed E-state index contributed by atoms with van der Waals surface area (Å²) in [5.41, 5.74) is 4.34. The minimum Gasteiger partial charge on any atom is -0.490 e. The SMILES string of the molecule is C=C(C)C1Cc2cc(C(=O)OCC)ccc2O1.CCOC(=O)c1ccc2c(c1)CC(C(C)C)O2. The molecule has 2 unspecified atom stereocenters. The Balaban J connectivity index is 0.000000191. The summed E-state index contributed by atoms with van der Waals surface area (Å²) in [7, 11) is 0. The maximum Gasteiger partial charge on any atom is 0.338 e. The molecular formula is C28H34O6. The van der Waals surface area contributed by atoms with Crippen LogP contribution in [-0.2, 0) is 22.3 Å². The zero-order valence-corrected chi connectivity index (χ0v) is 20.7. The third-order valence-corrected chi connectivity index (χ3v) is 5.81. The molecule has 0 radical (unpaired) electrons. The molecule has 2 aromatic carbocycles. The average molecular weight is 467 g/mol. The normalized spacial score (nSPS) is 17.5. The number of ether oxygens (including phenoxy) is 4. The minimum absolute atomic E-state index is 0.0300. The lowest BCUT2D eigenvalue weighted by Gasteiger charge is -2.13. The van der Waals surface area contributed by atoms with Crippen LogP contribution in [0.3, 0.4) is 0 Å². The Morgan fingerprint density at radius 1 is 0.912 bits per heavy atom. The minimum atomic E-state index is -0.283. The molecule has 0 fully saturated rings. The van der Waals surface area contributed by atoms with Crippen molar-refractivity contribution in [3.05, 3.63) is 70.8 Å². The van der Waals surface area contributed by atoms with Crippen molar-refractivity contribution >= 4 is 11.9 Å². The number of esters is 2. The number of hydrogen-bond donors (Lipinski definition) is 0. The standard InChI is InChI=1S/C14H18O3.C14H16O3/c2*1-4-16-14(15)10-5-6-12-11(7-10)8-13(17-12)9(2)3/h5-7,9,13H,4,8H2,1-3H3;5-7,13H,2,4,8H2,1,3H3. The van der Waals surface area contributed by atoms with Gasteiger partial charge in [0.1, 0.15) is 23.7 Å². The lowest BCUT2D eigenvalue weighted by atomic mass is 10.0. The molecule has 2 aromatic rings. The summed E-state index contributed by atoms with van der Waals surface area (Å²) in [5, 5.41) is 0. The van der Waals surface area contributed by atoms with E-state index in [9.17, 15) is 9.59 Å². The lowest BCUT2D eigenvalue weighted by molar-refractivity contribution is 0.0516. The Kier molecular flexibility index (Phi) is 8.37. The second-order valence-electron chi connectivity index (χ2n) is 8.85. The number of rotatable bonds is 6. The third kappa shape index (κ3) is 5.99. The number of fused-ring (bicyclic) bond motifs is 2. The van der Waals surface area contributed by atoms with Gasteiger partial charge in [-0.1, -0.05) is 20.4 Å². The summed E-state index contributed by atoms with van der Waals surface area (Å²) >= 11 is 0. The molecule has 2 heterocycles. The summed E-state index contributed by atoms with van der Waals surface area (Å²) in [6.45, 7) is 14.5. The monoisotopic (exact) mass is 466 g/mol.